The van der Waals surface area contributed by atoms with Gasteiger partial charge in [-0.25, -0.2) is 4.98 Å². The average Bonchev–Trinajstić information content (AvgIpc) is 3.60. The van der Waals surface area contributed by atoms with E-state index in [1.165, 1.54) is 0 Å². The van der Waals surface area contributed by atoms with E-state index >= 15 is 0 Å². The van der Waals surface area contributed by atoms with Crippen molar-refractivity contribution in [3.8, 4) is 40.1 Å². The zero-order valence-electron chi connectivity index (χ0n) is 22.2. The molecule has 0 bridgehead atoms. The predicted octanol–water partition coefficient (Wildman–Crippen LogP) is 9.16. The molecule has 3 aromatic heterocycles. The number of nitrogens with zero attached hydrogens (tertiary/aromatic N) is 4. The van der Waals surface area contributed by atoms with E-state index in [2.05, 4.69) is 52.0 Å². The van der Waals surface area contributed by atoms with E-state index in [1.54, 1.807) is 6.20 Å². The Kier molecular flexibility index (Phi) is 5.19. The second kappa shape index (κ2) is 9.20. The molecule has 0 aliphatic carbocycles. The van der Waals surface area contributed by atoms with Gasteiger partial charge in [0.2, 0.25) is 0 Å². The van der Waals surface area contributed by atoms with Crippen LogP contribution in [-0.4, -0.2) is 9.55 Å². The highest BCUT2D eigenvalue weighted by Gasteiger charge is 2.20. The highest BCUT2D eigenvalue weighted by Crippen LogP contribution is 2.41. The normalized spacial score (nSPS) is 11.3. The predicted molar refractivity (Wildman–Crippen MR) is 166 cm³/mol. The summed E-state index contributed by atoms with van der Waals surface area (Å²) in [5.74, 6) is 0. The lowest BCUT2D eigenvalue weighted by molar-refractivity contribution is 0.673. The third kappa shape index (κ3) is 3.45. The van der Waals surface area contributed by atoms with Crippen molar-refractivity contribution in [2.45, 2.75) is 0 Å². The molecule has 0 atom stereocenters. The van der Waals surface area contributed by atoms with Crippen LogP contribution in [0.4, 0.5) is 0 Å². The SMILES string of the molecule is N#Cc1cc(-c2cc(-c3ccccc3)cnc2C#N)ccc1-n1c2ccccc2c2c3oc4ccccc4c3ccc21. The molecule has 0 saturated carbocycles. The van der Waals surface area contributed by atoms with E-state index in [-0.39, 0.29) is 0 Å². The van der Waals surface area contributed by atoms with Gasteiger partial charge in [0.15, 0.2) is 0 Å². The Morgan fingerprint density at radius 2 is 1.40 bits per heavy atom. The van der Waals surface area contributed by atoms with Crippen LogP contribution in [0, 0.1) is 22.7 Å². The molecule has 0 fully saturated rings. The number of para-hydroxylation sites is 2. The zero-order chi connectivity index (χ0) is 28.2. The molecule has 5 nitrogen and oxygen atoms in total. The van der Waals surface area contributed by atoms with Crippen LogP contribution in [0.5, 0.6) is 0 Å². The number of hydrogen-bond donors (Lipinski definition) is 0. The van der Waals surface area contributed by atoms with Crippen LogP contribution in [0.2, 0.25) is 0 Å². The van der Waals surface area contributed by atoms with Crippen molar-refractivity contribution in [1.29, 1.82) is 10.5 Å². The summed E-state index contributed by atoms with van der Waals surface area (Å²) >= 11 is 0. The molecule has 0 saturated heterocycles. The Morgan fingerprint density at radius 1 is 0.619 bits per heavy atom. The van der Waals surface area contributed by atoms with Gasteiger partial charge in [0.25, 0.3) is 0 Å². The minimum absolute atomic E-state index is 0.315. The molecule has 8 rings (SSSR count). The minimum Gasteiger partial charge on any atom is -0.455 e. The first kappa shape index (κ1) is 23.7. The molecular weight excluding hydrogens is 516 g/mol. The van der Waals surface area contributed by atoms with Crippen LogP contribution in [0.15, 0.2) is 126 Å². The van der Waals surface area contributed by atoms with E-state index in [0.717, 1.165) is 66.1 Å². The van der Waals surface area contributed by atoms with Crippen LogP contribution >= 0.6 is 0 Å². The number of pyridine rings is 1. The smallest absolute Gasteiger partial charge is 0.148 e. The summed E-state index contributed by atoms with van der Waals surface area (Å²) in [7, 11) is 0. The lowest BCUT2D eigenvalue weighted by Crippen LogP contribution is -1.99. The largest absolute Gasteiger partial charge is 0.455 e. The van der Waals surface area contributed by atoms with Gasteiger partial charge in [0.05, 0.1) is 27.7 Å². The molecule has 0 unspecified atom stereocenters. The Labute approximate surface area is 240 Å². The maximum absolute atomic E-state index is 10.4. The molecular formula is C37H20N4O. The maximum atomic E-state index is 10.4. The Hall–Kier alpha value is -6.17. The van der Waals surface area contributed by atoms with Gasteiger partial charge in [-0.05, 0) is 53.6 Å². The Morgan fingerprint density at radius 3 is 2.24 bits per heavy atom. The molecule has 42 heavy (non-hydrogen) atoms. The molecule has 0 spiro atoms. The maximum Gasteiger partial charge on any atom is 0.148 e. The van der Waals surface area contributed by atoms with E-state index < -0.39 is 0 Å². The van der Waals surface area contributed by atoms with Gasteiger partial charge in [-0.1, -0.05) is 72.8 Å². The number of fused-ring (bicyclic) bond motifs is 7. The fourth-order valence-electron chi connectivity index (χ4n) is 6.04. The third-order valence-electron chi connectivity index (χ3n) is 7.95. The van der Waals surface area contributed by atoms with Crippen LogP contribution in [0.25, 0.3) is 71.7 Å². The number of rotatable bonds is 3. The van der Waals surface area contributed by atoms with Crippen molar-refractivity contribution in [2.75, 3.05) is 0 Å². The lowest BCUT2D eigenvalue weighted by Gasteiger charge is -2.13. The summed E-state index contributed by atoms with van der Waals surface area (Å²) in [6.45, 7) is 0. The molecule has 194 valence electrons. The van der Waals surface area contributed by atoms with Gasteiger partial charge < -0.3 is 8.98 Å². The second-order valence-corrected chi connectivity index (χ2v) is 10.2. The molecule has 0 N–H and O–H groups in total. The first-order valence-corrected chi connectivity index (χ1v) is 13.6. The average molecular weight is 537 g/mol. The number of aromatic nitrogens is 2. The van der Waals surface area contributed by atoms with E-state index in [0.29, 0.717) is 16.8 Å². The van der Waals surface area contributed by atoms with Crippen LogP contribution in [-0.2, 0) is 0 Å². The quantitative estimate of drug-likeness (QED) is 0.225. The third-order valence-corrected chi connectivity index (χ3v) is 7.95. The Balaban J connectivity index is 1.37. The lowest BCUT2D eigenvalue weighted by atomic mass is 9.97. The van der Waals surface area contributed by atoms with Gasteiger partial charge >= 0.3 is 0 Å². The molecule has 0 aliphatic heterocycles. The fourth-order valence-corrected chi connectivity index (χ4v) is 6.04. The van der Waals surface area contributed by atoms with Crippen molar-refractivity contribution in [2.24, 2.45) is 0 Å². The molecule has 5 aromatic carbocycles. The van der Waals surface area contributed by atoms with Crippen molar-refractivity contribution in [3.05, 3.63) is 133 Å². The monoisotopic (exact) mass is 536 g/mol. The standard InChI is InChI=1S/C37H20N4O/c38-20-25-18-24(30-19-26(22-40-31(30)21-39)23-8-2-1-3-9-23)14-16-32(25)41-33-12-6-4-11-29(33)36-34(41)17-15-28-27-10-5-7-13-35(27)42-37(28)36/h1-19,22H. The highest BCUT2D eigenvalue weighted by atomic mass is 16.3. The summed E-state index contributed by atoms with van der Waals surface area (Å²) in [6, 6.07) is 42.8. The van der Waals surface area contributed by atoms with E-state index in [9.17, 15) is 10.5 Å². The molecule has 5 heteroatoms. The zero-order valence-corrected chi connectivity index (χ0v) is 22.2. The van der Waals surface area contributed by atoms with Crippen molar-refractivity contribution >= 4 is 43.7 Å². The number of hydrogen-bond acceptors (Lipinski definition) is 4. The molecule has 8 aromatic rings. The first-order chi connectivity index (χ1) is 20.7. The minimum atomic E-state index is 0.315. The van der Waals surface area contributed by atoms with Crippen molar-refractivity contribution < 1.29 is 4.42 Å². The number of benzene rings is 5. The Bertz CT molecular complexity index is 2440. The van der Waals surface area contributed by atoms with Gasteiger partial charge in [0, 0.05) is 33.5 Å². The van der Waals surface area contributed by atoms with Gasteiger partial charge in [0.1, 0.15) is 29.0 Å². The fraction of sp³-hybridized carbons (Fsp3) is 0. The van der Waals surface area contributed by atoms with Crippen molar-refractivity contribution in [3.63, 3.8) is 0 Å². The molecule has 0 amide bonds. The second-order valence-electron chi connectivity index (χ2n) is 10.2. The van der Waals surface area contributed by atoms with Crippen LogP contribution < -0.4 is 0 Å². The number of nitriles is 2. The summed E-state index contributed by atoms with van der Waals surface area (Å²) in [4.78, 5) is 4.45. The van der Waals surface area contributed by atoms with Crippen LogP contribution in [0.3, 0.4) is 0 Å². The van der Waals surface area contributed by atoms with Gasteiger partial charge in [-0.2, -0.15) is 10.5 Å². The van der Waals surface area contributed by atoms with E-state index in [4.69, 9.17) is 4.42 Å². The highest BCUT2D eigenvalue weighted by molar-refractivity contribution is 6.23. The van der Waals surface area contributed by atoms with E-state index in [1.807, 2.05) is 84.9 Å². The molecule has 0 aliphatic rings. The van der Waals surface area contributed by atoms with Gasteiger partial charge in [-0.15, -0.1) is 0 Å². The summed E-state index contributed by atoms with van der Waals surface area (Å²) in [5.41, 5.74) is 8.55. The summed E-state index contributed by atoms with van der Waals surface area (Å²) in [5, 5.41) is 24.5. The van der Waals surface area contributed by atoms with Crippen molar-refractivity contribution in [1.82, 2.24) is 9.55 Å². The topological polar surface area (TPSA) is 78.5 Å². The van der Waals surface area contributed by atoms with Crippen LogP contribution in [0.1, 0.15) is 11.3 Å². The molecule has 0 radical (unpaired) electrons. The molecule has 3 heterocycles. The number of furan rings is 1. The summed E-state index contributed by atoms with van der Waals surface area (Å²) in [6.07, 6.45) is 1.72. The van der Waals surface area contributed by atoms with Gasteiger partial charge in [-0.3, -0.25) is 0 Å². The first-order valence-electron chi connectivity index (χ1n) is 13.6. The summed E-state index contributed by atoms with van der Waals surface area (Å²) < 4.78 is 8.54.